The van der Waals surface area contributed by atoms with Crippen LogP contribution in [0.3, 0.4) is 0 Å². The van der Waals surface area contributed by atoms with Crippen molar-refractivity contribution in [3.8, 4) is 0 Å². The van der Waals surface area contributed by atoms with E-state index in [0.717, 1.165) is 31.4 Å². The van der Waals surface area contributed by atoms with E-state index in [1.165, 1.54) is 11.3 Å². The summed E-state index contributed by atoms with van der Waals surface area (Å²) in [6, 6.07) is 0.256. The number of nitrogens with one attached hydrogen (secondary N) is 1. The van der Waals surface area contributed by atoms with Crippen LogP contribution in [0.1, 0.15) is 41.0 Å². The highest BCUT2D eigenvalue weighted by atomic mass is 32.1. The van der Waals surface area contributed by atoms with Crippen LogP contribution < -0.4 is 5.32 Å². The highest BCUT2D eigenvalue weighted by Crippen LogP contribution is 2.24. The summed E-state index contributed by atoms with van der Waals surface area (Å²) in [6.07, 6.45) is 3.94. The molecule has 0 bridgehead atoms. The topological polar surface area (TPSA) is 62.2 Å². The van der Waals surface area contributed by atoms with Crippen molar-refractivity contribution in [3.05, 3.63) is 16.1 Å². The smallest absolute Gasteiger partial charge is 0.263 e. The largest absolute Gasteiger partial charge is 0.396 e. The van der Waals surface area contributed by atoms with Gasteiger partial charge in [0.2, 0.25) is 0 Å². The van der Waals surface area contributed by atoms with Crippen LogP contribution >= 0.6 is 11.3 Å². The zero-order chi connectivity index (χ0) is 12.3. The Hall–Kier alpha value is -0.940. The molecule has 17 heavy (non-hydrogen) atoms. The summed E-state index contributed by atoms with van der Waals surface area (Å²) in [5.74, 6) is 0.422. The predicted octanol–water partition coefficient (Wildman–Crippen LogP) is 1.73. The van der Waals surface area contributed by atoms with Gasteiger partial charge in [0, 0.05) is 12.6 Å². The van der Waals surface area contributed by atoms with Gasteiger partial charge in [0.1, 0.15) is 4.88 Å². The SMILES string of the molecule is Cc1ncsc1C(=O)NC1CCC(CO)CC1. The molecular formula is C12H18N2O2S. The van der Waals surface area contributed by atoms with Crippen molar-refractivity contribution in [2.24, 2.45) is 5.92 Å². The number of hydrogen-bond donors (Lipinski definition) is 2. The van der Waals surface area contributed by atoms with Gasteiger partial charge in [0.15, 0.2) is 0 Å². The Labute approximate surface area is 105 Å². The number of aryl methyl sites for hydroxylation is 1. The highest BCUT2D eigenvalue weighted by molar-refractivity contribution is 7.11. The molecule has 0 aliphatic heterocycles. The lowest BCUT2D eigenvalue weighted by atomic mass is 9.86. The summed E-state index contributed by atoms with van der Waals surface area (Å²) in [5, 5.41) is 12.1. The van der Waals surface area contributed by atoms with E-state index in [0.29, 0.717) is 10.8 Å². The average Bonchev–Trinajstić information content (AvgIpc) is 2.76. The molecule has 0 atom stereocenters. The Morgan fingerprint density at radius 1 is 1.53 bits per heavy atom. The predicted molar refractivity (Wildman–Crippen MR) is 67.1 cm³/mol. The fraction of sp³-hybridized carbons (Fsp3) is 0.667. The first-order valence-corrected chi connectivity index (χ1v) is 6.90. The van der Waals surface area contributed by atoms with Crippen LogP contribution in [-0.2, 0) is 0 Å². The monoisotopic (exact) mass is 254 g/mol. The van der Waals surface area contributed by atoms with Crippen molar-refractivity contribution in [1.29, 1.82) is 0 Å². The summed E-state index contributed by atoms with van der Waals surface area (Å²) in [5.41, 5.74) is 2.50. The summed E-state index contributed by atoms with van der Waals surface area (Å²) in [6.45, 7) is 2.13. The lowest BCUT2D eigenvalue weighted by Gasteiger charge is -2.27. The maximum absolute atomic E-state index is 12.0. The molecule has 1 aromatic heterocycles. The lowest BCUT2D eigenvalue weighted by molar-refractivity contribution is 0.0917. The molecule has 2 rings (SSSR count). The second kappa shape index (κ2) is 5.60. The molecule has 5 heteroatoms. The molecule has 4 nitrogen and oxygen atoms in total. The summed E-state index contributed by atoms with van der Waals surface area (Å²) < 4.78 is 0. The molecule has 1 heterocycles. The summed E-state index contributed by atoms with van der Waals surface area (Å²) in [4.78, 5) is 16.8. The Kier molecular flexibility index (Phi) is 4.12. The van der Waals surface area contributed by atoms with Gasteiger partial charge < -0.3 is 10.4 Å². The van der Waals surface area contributed by atoms with Gasteiger partial charge in [-0.25, -0.2) is 4.98 Å². The zero-order valence-electron chi connectivity index (χ0n) is 9.98. The van der Waals surface area contributed by atoms with Crippen molar-refractivity contribution in [3.63, 3.8) is 0 Å². The molecule has 1 aliphatic carbocycles. The van der Waals surface area contributed by atoms with Crippen molar-refractivity contribution in [2.45, 2.75) is 38.6 Å². The minimum absolute atomic E-state index is 0.00236. The Balaban J connectivity index is 1.86. The Morgan fingerprint density at radius 3 is 2.76 bits per heavy atom. The molecule has 1 fully saturated rings. The van der Waals surface area contributed by atoms with E-state index in [9.17, 15) is 4.79 Å². The van der Waals surface area contributed by atoms with E-state index in [2.05, 4.69) is 10.3 Å². The molecule has 2 N–H and O–H groups in total. The molecule has 1 aromatic rings. The van der Waals surface area contributed by atoms with Gasteiger partial charge in [-0.05, 0) is 38.5 Å². The number of aliphatic hydroxyl groups excluding tert-OH is 1. The average molecular weight is 254 g/mol. The zero-order valence-corrected chi connectivity index (χ0v) is 10.8. The number of carbonyl (C=O) groups excluding carboxylic acids is 1. The van der Waals surface area contributed by atoms with E-state index in [-0.39, 0.29) is 18.6 Å². The third kappa shape index (κ3) is 3.04. The van der Waals surface area contributed by atoms with E-state index in [4.69, 9.17) is 5.11 Å². The van der Waals surface area contributed by atoms with Crippen LogP contribution in [-0.4, -0.2) is 28.6 Å². The first-order valence-electron chi connectivity index (χ1n) is 6.02. The minimum Gasteiger partial charge on any atom is -0.396 e. The van der Waals surface area contributed by atoms with Crippen LogP contribution in [0, 0.1) is 12.8 Å². The van der Waals surface area contributed by atoms with Gasteiger partial charge in [-0.2, -0.15) is 0 Å². The quantitative estimate of drug-likeness (QED) is 0.863. The number of aliphatic hydroxyl groups is 1. The molecule has 94 valence electrons. The second-order valence-electron chi connectivity index (χ2n) is 4.64. The normalized spacial score (nSPS) is 24.6. The van der Waals surface area contributed by atoms with Gasteiger partial charge in [-0.3, -0.25) is 4.79 Å². The van der Waals surface area contributed by atoms with Gasteiger partial charge in [0.25, 0.3) is 5.91 Å². The fourth-order valence-corrected chi connectivity index (χ4v) is 2.97. The highest BCUT2D eigenvalue weighted by Gasteiger charge is 2.23. The van der Waals surface area contributed by atoms with Crippen molar-refractivity contribution in [2.75, 3.05) is 6.61 Å². The van der Waals surface area contributed by atoms with Crippen LogP contribution in [0.2, 0.25) is 0 Å². The van der Waals surface area contributed by atoms with Crippen molar-refractivity contribution in [1.82, 2.24) is 10.3 Å². The molecular weight excluding hydrogens is 236 g/mol. The standard InChI is InChI=1S/C12H18N2O2S/c1-8-11(17-7-13-8)12(16)14-10-4-2-9(6-15)3-5-10/h7,9-10,15H,2-6H2,1H3,(H,14,16). The van der Waals surface area contributed by atoms with E-state index in [1.54, 1.807) is 5.51 Å². The molecule has 0 unspecified atom stereocenters. The summed E-state index contributed by atoms with van der Waals surface area (Å²) >= 11 is 1.39. The number of carbonyl (C=O) groups is 1. The second-order valence-corrected chi connectivity index (χ2v) is 5.50. The Morgan fingerprint density at radius 2 is 2.24 bits per heavy atom. The Bertz CT molecular complexity index is 384. The first-order chi connectivity index (χ1) is 8.20. The van der Waals surface area contributed by atoms with Crippen LogP contribution in [0.4, 0.5) is 0 Å². The number of amides is 1. The molecule has 1 saturated carbocycles. The summed E-state index contributed by atoms with van der Waals surface area (Å²) in [7, 11) is 0. The number of aromatic nitrogens is 1. The van der Waals surface area contributed by atoms with Gasteiger partial charge in [0.05, 0.1) is 11.2 Å². The number of rotatable bonds is 3. The first kappa shape index (κ1) is 12.5. The van der Waals surface area contributed by atoms with Crippen LogP contribution in [0.25, 0.3) is 0 Å². The third-order valence-electron chi connectivity index (χ3n) is 3.39. The fourth-order valence-electron chi connectivity index (χ4n) is 2.26. The van der Waals surface area contributed by atoms with Gasteiger partial charge >= 0.3 is 0 Å². The van der Waals surface area contributed by atoms with Gasteiger partial charge in [-0.1, -0.05) is 0 Å². The minimum atomic E-state index is -0.00236. The number of thiazole rings is 1. The third-order valence-corrected chi connectivity index (χ3v) is 4.32. The molecule has 0 aromatic carbocycles. The van der Waals surface area contributed by atoms with Gasteiger partial charge in [-0.15, -0.1) is 11.3 Å². The number of hydrogen-bond acceptors (Lipinski definition) is 4. The van der Waals surface area contributed by atoms with E-state index >= 15 is 0 Å². The van der Waals surface area contributed by atoms with Crippen molar-refractivity contribution >= 4 is 17.2 Å². The van der Waals surface area contributed by atoms with Crippen LogP contribution in [0.15, 0.2) is 5.51 Å². The molecule has 0 spiro atoms. The maximum atomic E-state index is 12.0. The maximum Gasteiger partial charge on any atom is 0.263 e. The van der Waals surface area contributed by atoms with E-state index in [1.807, 2.05) is 6.92 Å². The van der Waals surface area contributed by atoms with E-state index < -0.39 is 0 Å². The number of nitrogens with zero attached hydrogens (tertiary/aromatic N) is 1. The molecule has 1 aliphatic rings. The molecule has 0 saturated heterocycles. The lowest BCUT2D eigenvalue weighted by Crippen LogP contribution is -2.38. The van der Waals surface area contributed by atoms with Crippen molar-refractivity contribution < 1.29 is 9.90 Å². The van der Waals surface area contributed by atoms with Crippen LogP contribution in [0.5, 0.6) is 0 Å². The molecule has 1 amide bonds. The molecule has 0 radical (unpaired) electrons.